The molecule has 2 fully saturated rings. The number of carboxylic acids is 1. The quantitative estimate of drug-likeness (QED) is 0.927. The molecule has 0 unspecified atom stereocenters. The lowest BCUT2D eigenvalue weighted by Crippen LogP contribution is -2.50. The van der Waals surface area contributed by atoms with Crippen LogP contribution in [0.3, 0.4) is 0 Å². The van der Waals surface area contributed by atoms with Gasteiger partial charge in [0, 0.05) is 24.9 Å². The fourth-order valence-electron chi connectivity index (χ4n) is 3.15. The Labute approximate surface area is 123 Å². The summed E-state index contributed by atoms with van der Waals surface area (Å²) in [5.74, 6) is -1.58. The number of carboxylic acid groups (broad SMARTS) is 1. The predicted octanol–water partition coefficient (Wildman–Crippen LogP) is 2.92. The molecule has 1 aliphatic heterocycles. The van der Waals surface area contributed by atoms with Gasteiger partial charge in [-0.3, -0.25) is 0 Å². The van der Waals surface area contributed by atoms with Crippen LogP contribution in [0.15, 0.2) is 18.2 Å². The van der Waals surface area contributed by atoms with Crippen molar-refractivity contribution in [2.75, 3.05) is 13.1 Å². The molecule has 1 aliphatic carbocycles. The monoisotopic (exact) mass is 293 g/mol. The second-order valence-electron chi connectivity index (χ2n) is 5.91. The molecule has 1 aromatic carbocycles. The number of aromatic carboxylic acids is 1. The summed E-state index contributed by atoms with van der Waals surface area (Å²) in [5.41, 5.74) is -0.317. The molecule has 5 heteroatoms. The first-order valence-corrected chi connectivity index (χ1v) is 7.57. The topological polar surface area (TPSA) is 49.8 Å². The Bertz CT molecular complexity index is 522. The molecule has 21 heavy (non-hydrogen) atoms. The van der Waals surface area contributed by atoms with E-state index in [2.05, 4.69) is 4.90 Å². The maximum Gasteiger partial charge on any atom is 0.338 e. The first-order chi connectivity index (χ1) is 10.1. The summed E-state index contributed by atoms with van der Waals surface area (Å²) in [4.78, 5) is 13.3. The van der Waals surface area contributed by atoms with Crippen LogP contribution in [0.4, 0.5) is 4.39 Å². The van der Waals surface area contributed by atoms with Crippen molar-refractivity contribution in [1.29, 1.82) is 0 Å². The van der Waals surface area contributed by atoms with E-state index in [1.165, 1.54) is 44.5 Å². The molecule has 0 atom stereocenters. The largest absolute Gasteiger partial charge is 0.490 e. The molecule has 3 rings (SSSR count). The maximum absolute atomic E-state index is 13.6. The van der Waals surface area contributed by atoms with Crippen molar-refractivity contribution in [3.05, 3.63) is 29.6 Å². The molecule has 4 nitrogen and oxygen atoms in total. The van der Waals surface area contributed by atoms with E-state index >= 15 is 0 Å². The zero-order valence-corrected chi connectivity index (χ0v) is 11.9. The van der Waals surface area contributed by atoms with Gasteiger partial charge in [-0.15, -0.1) is 0 Å². The summed E-state index contributed by atoms with van der Waals surface area (Å²) in [5, 5.41) is 8.79. The van der Waals surface area contributed by atoms with Crippen LogP contribution < -0.4 is 4.74 Å². The van der Waals surface area contributed by atoms with Gasteiger partial charge in [0.15, 0.2) is 0 Å². The van der Waals surface area contributed by atoms with Gasteiger partial charge in [-0.2, -0.15) is 0 Å². The number of benzene rings is 1. The number of ether oxygens (including phenoxy) is 1. The van der Waals surface area contributed by atoms with Crippen LogP contribution in [0.5, 0.6) is 5.75 Å². The summed E-state index contributed by atoms with van der Waals surface area (Å²) in [6, 6.07) is 4.55. The Kier molecular flexibility index (Phi) is 4.10. The normalized spacial score (nSPS) is 26.1. The molecule has 1 aromatic rings. The molecule has 0 aromatic heterocycles. The molecular formula is C16H20FNO3. The molecular weight excluding hydrogens is 273 g/mol. The zero-order valence-electron chi connectivity index (χ0n) is 11.9. The Morgan fingerprint density at radius 2 is 1.95 bits per heavy atom. The minimum atomic E-state index is -1.26. The first kappa shape index (κ1) is 14.3. The van der Waals surface area contributed by atoms with Crippen LogP contribution in [0.2, 0.25) is 0 Å². The number of rotatable bonds is 4. The highest BCUT2D eigenvalue weighted by Crippen LogP contribution is 2.31. The summed E-state index contributed by atoms with van der Waals surface area (Å²) in [6.07, 6.45) is 5.96. The minimum absolute atomic E-state index is 0.118. The van der Waals surface area contributed by atoms with E-state index in [-0.39, 0.29) is 11.7 Å². The SMILES string of the molecule is O=C(O)c1ccc(O[C@H]2C[C@H](N3CCCCC3)C2)cc1F. The molecule has 0 bridgehead atoms. The van der Waals surface area contributed by atoms with E-state index in [0.717, 1.165) is 18.9 Å². The third-order valence-electron chi connectivity index (χ3n) is 4.45. The van der Waals surface area contributed by atoms with Crippen molar-refractivity contribution < 1.29 is 19.0 Å². The zero-order chi connectivity index (χ0) is 14.8. The highest BCUT2D eigenvalue weighted by molar-refractivity contribution is 5.88. The molecule has 1 N–H and O–H groups in total. The number of piperidine rings is 1. The third kappa shape index (κ3) is 3.18. The molecule has 2 aliphatic rings. The Morgan fingerprint density at radius 1 is 1.24 bits per heavy atom. The lowest BCUT2D eigenvalue weighted by molar-refractivity contribution is 0.00878. The highest BCUT2D eigenvalue weighted by atomic mass is 19.1. The smallest absolute Gasteiger partial charge is 0.338 e. The van der Waals surface area contributed by atoms with Crippen LogP contribution in [0.25, 0.3) is 0 Å². The van der Waals surface area contributed by atoms with Crippen molar-refractivity contribution in [3.63, 3.8) is 0 Å². The molecule has 0 amide bonds. The number of carbonyl (C=O) groups is 1. The molecule has 1 saturated heterocycles. The van der Waals surface area contributed by atoms with Gasteiger partial charge < -0.3 is 14.7 Å². The van der Waals surface area contributed by atoms with Gasteiger partial charge in [0.2, 0.25) is 0 Å². The second kappa shape index (κ2) is 6.02. The Morgan fingerprint density at radius 3 is 2.57 bits per heavy atom. The van der Waals surface area contributed by atoms with Crippen molar-refractivity contribution in [2.24, 2.45) is 0 Å². The lowest BCUT2D eigenvalue weighted by Gasteiger charge is -2.44. The Balaban J connectivity index is 1.52. The fourth-order valence-corrected chi connectivity index (χ4v) is 3.15. The van der Waals surface area contributed by atoms with Crippen LogP contribution in [0, 0.1) is 5.82 Å². The number of likely N-dealkylation sites (tertiary alicyclic amines) is 1. The highest BCUT2D eigenvalue weighted by Gasteiger charge is 2.35. The molecule has 1 saturated carbocycles. The van der Waals surface area contributed by atoms with Crippen LogP contribution in [-0.2, 0) is 0 Å². The molecule has 1 heterocycles. The second-order valence-corrected chi connectivity index (χ2v) is 5.91. The predicted molar refractivity (Wildman–Crippen MR) is 76.2 cm³/mol. The van der Waals surface area contributed by atoms with Gasteiger partial charge in [-0.25, -0.2) is 9.18 Å². The lowest BCUT2D eigenvalue weighted by atomic mass is 9.86. The molecule has 0 spiro atoms. The number of halogens is 1. The van der Waals surface area contributed by atoms with Crippen LogP contribution in [0.1, 0.15) is 42.5 Å². The van der Waals surface area contributed by atoms with Crippen molar-refractivity contribution in [2.45, 2.75) is 44.2 Å². The van der Waals surface area contributed by atoms with E-state index in [9.17, 15) is 9.18 Å². The summed E-state index contributed by atoms with van der Waals surface area (Å²) >= 11 is 0. The van der Waals surface area contributed by atoms with Crippen LogP contribution >= 0.6 is 0 Å². The summed E-state index contributed by atoms with van der Waals surface area (Å²) in [6.45, 7) is 2.36. The maximum atomic E-state index is 13.6. The van der Waals surface area contributed by atoms with E-state index < -0.39 is 11.8 Å². The van der Waals surface area contributed by atoms with Gasteiger partial charge in [0.05, 0.1) is 5.56 Å². The average molecular weight is 293 g/mol. The minimum Gasteiger partial charge on any atom is -0.490 e. The standard InChI is InChI=1S/C16H20FNO3/c17-15-10-12(4-5-14(15)16(19)20)21-13-8-11(9-13)18-6-2-1-3-7-18/h4-5,10-11,13H,1-3,6-9H2,(H,19,20)/t11-,13-. The summed E-state index contributed by atoms with van der Waals surface area (Å²) < 4.78 is 19.3. The van der Waals surface area contributed by atoms with Crippen molar-refractivity contribution >= 4 is 5.97 Å². The van der Waals surface area contributed by atoms with Gasteiger partial charge in [0.25, 0.3) is 0 Å². The number of hydrogen-bond acceptors (Lipinski definition) is 3. The van der Waals surface area contributed by atoms with Gasteiger partial charge in [0.1, 0.15) is 17.7 Å². The molecule has 114 valence electrons. The van der Waals surface area contributed by atoms with Gasteiger partial charge in [-0.05, 0) is 38.1 Å². The van der Waals surface area contributed by atoms with E-state index in [1.807, 2.05) is 0 Å². The average Bonchev–Trinajstić information content (AvgIpc) is 2.43. The Hall–Kier alpha value is -1.62. The van der Waals surface area contributed by atoms with E-state index in [1.54, 1.807) is 0 Å². The van der Waals surface area contributed by atoms with E-state index in [0.29, 0.717) is 11.8 Å². The van der Waals surface area contributed by atoms with Crippen LogP contribution in [-0.4, -0.2) is 41.2 Å². The first-order valence-electron chi connectivity index (χ1n) is 7.57. The van der Waals surface area contributed by atoms with Gasteiger partial charge in [-0.1, -0.05) is 6.42 Å². The third-order valence-corrected chi connectivity index (χ3v) is 4.45. The number of nitrogens with zero attached hydrogens (tertiary/aromatic N) is 1. The van der Waals surface area contributed by atoms with Crippen molar-refractivity contribution in [1.82, 2.24) is 4.90 Å². The summed E-state index contributed by atoms with van der Waals surface area (Å²) in [7, 11) is 0. The molecule has 0 radical (unpaired) electrons. The number of hydrogen-bond donors (Lipinski definition) is 1. The fraction of sp³-hybridized carbons (Fsp3) is 0.562. The van der Waals surface area contributed by atoms with Crippen molar-refractivity contribution in [3.8, 4) is 5.75 Å². The van der Waals surface area contributed by atoms with E-state index in [4.69, 9.17) is 9.84 Å². The van der Waals surface area contributed by atoms with Gasteiger partial charge >= 0.3 is 5.97 Å².